The summed E-state index contributed by atoms with van der Waals surface area (Å²) in [4.78, 5) is 41.6. The lowest BCUT2D eigenvalue weighted by Crippen LogP contribution is -2.61. The summed E-state index contributed by atoms with van der Waals surface area (Å²) < 4.78 is 41.1. The highest BCUT2D eigenvalue weighted by Crippen LogP contribution is 2.43. The van der Waals surface area contributed by atoms with Gasteiger partial charge in [0.2, 0.25) is 5.91 Å². The van der Waals surface area contributed by atoms with Crippen molar-refractivity contribution in [3.63, 3.8) is 0 Å². The van der Waals surface area contributed by atoms with Crippen LogP contribution in [0.25, 0.3) is 0 Å². The van der Waals surface area contributed by atoms with Crippen molar-refractivity contribution in [1.82, 2.24) is 25.8 Å². The van der Waals surface area contributed by atoms with E-state index in [4.69, 9.17) is 0 Å². The molecule has 2 saturated heterocycles. The predicted octanol–water partition coefficient (Wildman–Crippen LogP) is 2.54. The number of nitrogens with one attached hydrogen (secondary N) is 3. The molecule has 3 N–H and O–H groups in total. The molecular weight excluding hydrogens is 479 g/mol. The molecule has 4 aliphatic rings. The molecule has 5 rings (SSSR count). The van der Waals surface area contributed by atoms with Crippen LogP contribution in [0, 0.1) is 5.41 Å². The van der Waals surface area contributed by atoms with Gasteiger partial charge in [0.15, 0.2) is 0 Å². The number of amides is 5. The quantitative estimate of drug-likeness (QED) is 0.568. The van der Waals surface area contributed by atoms with Crippen LogP contribution in [0.15, 0.2) is 24.3 Å². The molecule has 12 heteroatoms. The Morgan fingerprint density at radius 3 is 2.50 bits per heavy atom. The van der Waals surface area contributed by atoms with E-state index in [1.807, 2.05) is 4.90 Å². The molecule has 2 saturated carbocycles. The first kappa shape index (κ1) is 24.5. The number of likely N-dealkylation sites (tertiary alicyclic amines) is 1. The Kier molecular flexibility index (Phi) is 6.16. The Hall–Kier alpha value is -3.18. The number of hydrogen-bond acceptors (Lipinski definition) is 4. The van der Waals surface area contributed by atoms with E-state index >= 15 is 0 Å². The number of rotatable bonds is 5. The van der Waals surface area contributed by atoms with Gasteiger partial charge in [0.1, 0.15) is 5.75 Å². The zero-order valence-corrected chi connectivity index (χ0v) is 19.9. The van der Waals surface area contributed by atoms with Crippen molar-refractivity contribution in [2.75, 3.05) is 26.7 Å². The summed E-state index contributed by atoms with van der Waals surface area (Å²) in [6.45, 7) is 1.27. The number of piperidine rings is 1. The number of ether oxygens (including phenoxy) is 1. The van der Waals surface area contributed by atoms with Crippen LogP contribution in [-0.4, -0.2) is 78.9 Å². The van der Waals surface area contributed by atoms with Gasteiger partial charge >= 0.3 is 18.4 Å². The van der Waals surface area contributed by atoms with Gasteiger partial charge in [-0.3, -0.25) is 4.79 Å². The van der Waals surface area contributed by atoms with Crippen molar-refractivity contribution in [3.8, 4) is 5.75 Å². The molecule has 0 radical (unpaired) electrons. The monoisotopic (exact) mass is 509 g/mol. The van der Waals surface area contributed by atoms with Gasteiger partial charge in [0.05, 0.1) is 6.04 Å². The molecule has 1 unspecified atom stereocenters. The van der Waals surface area contributed by atoms with Crippen molar-refractivity contribution in [1.29, 1.82) is 0 Å². The first-order valence-electron chi connectivity index (χ1n) is 12.2. The van der Waals surface area contributed by atoms with E-state index in [1.54, 1.807) is 24.1 Å². The van der Waals surface area contributed by atoms with Gasteiger partial charge in [-0.2, -0.15) is 0 Å². The number of carbonyl (C=O) groups excluding carboxylic acids is 3. The molecule has 2 aliphatic heterocycles. The average Bonchev–Trinajstić information content (AvgIpc) is 3.74. The minimum atomic E-state index is -4.74. The number of hydrogen-bond donors (Lipinski definition) is 3. The Labute approximate surface area is 206 Å². The van der Waals surface area contributed by atoms with Crippen LogP contribution in [0.2, 0.25) is 0 Å². The highest BCUT2D eigenvalue weighted by Gasteiger charge is 2.51. The van der Waals surface area contributed by atoms with E-state index in [0.717, 1.165) is 18.4 Å². The van der Waals surface area contributed by atoms with Crippen LogP contribution in [0.3, 0.4) is 0 Å². The van der Waals surface area contributed by atoms with Crippen molar-refractivity contribution in [2.24, 2.45) is 5.41 Å². The standard InChI is InChI=1S/C24H30F3N5O4/c1-28-21(34)32(15-4-5-15)16-9-23(10-20(33)29-12-23)13-31(11-16)22(35)30-19-8-18(19)14-2-6-17(7-3-14)36-24(25,26)27/h2-3,6-7,15-16,18-19H,4-5,8-13H2,1H3,(H,28,34)(H,29,33)(H,30,35)/t16-,18+,19-,23?/m1/s1. The molecule has 4 fully saturated rings. The second kappa shape index (κ2) is 9.04. The molecule has 9 nitrogen and oxygen atoms in total. The maximum atomic E-state index is 13.3. The van der Waals surface area contributed by atoms with Crippen molar-refractivity contribution in [3.05, 3.63) is 29.8 Å². The van der Waals surface area contributed by atoms with Gasteiger partial charge in [0, 0.05) is 56.5 Å². The highest BCUT2D eigenvalue weighted by molar-refractivity contribution is 5.80. The normalized spacial score (nSPS) is 29.5. The van der Waals surface area contributed by atoms with Crippen molar-refractivity contribution in [2.45, 2.75) is 62.5 Å². The van der Waals surface area contributed by atoms with Crippen molar-refractivity contribution < 1.29 is 32.3 Å². The van der Waals surface area contributed by atoms with Crippen LogP contribution in [-0.2, 0) is 4.79 Å². The summed E-state index contributed by atoms with van der Waals surface area (Å²) in [5.74, 6) is -0.325. The van der Waals surface area contributed by atoms with Gasteiger partial charge in [-0.15, -0.1) is 13.2 Å². The second-order valence-corrected chi connectivity index (χ2v) is 10.4. The molecule has 0 aromatic heterocycles. The number of halogens is 3. The number of alkyl halides is 3. The summed E-state index contributed by atoms with van der Waals surface area (Å²) in [5, 5.41) is 8.64. The zero-order chi connectivity index (χ0) is 25.7. The first-order valence-corrected chi connectivity index (χ1v) is 12.2. The summed E-state index contributed by atoms with van der Waals surface area (Å²) in [5.41, 5.74) is 0.406. The lowest BCUT2D eigenvalue weighted by Gasteiger charge is -2.47. The summed E-state index contributed by atoms with van der Waals surface area (Å²) >= 11 is 0. The maximum Gasteiger partial charge on any atom is 0.573 e. The minimum absolute atomic E-state index is 0.00647. The van der Waals surface area contributed by atoms with Crippen LogP contribution < -0.4 is 20.7 Å². The lowest BCUT2D eigenvalue weighted by atomic mass is 9.76. The number of nitrogens with zero attached hydrogens (tertiary/aromatic N) is 2. The van der Waals surface area contributed by atoms with Crippen LogP contribution in [0.1, 0.15) is 43.6 Å². The molecule has 1 aromatic rings. The highest BCUT2D eigenvalue weighted by atomic mass is 19.4. The largest absolute Gasteiger partial charge is 0.573 e. The zero-order valence-electron chi connectivity index (χ0n) is 19.9. The SMILES string of the molecule is CNC(=O)N(C1CC1)[C@H]1CN(C(=O)N[C@@H]2C[C@H]2c2ccc(OC(F)(F)F)cc2)CC2(CNC(=O)C2)C1. The van der Waals surface area contributed by atoms with Gasteiger partial charge in [-0.05, 0) is 43.4 Å². The van der Waals surface area contributed by atoms with E-state index in [1.165, 1.54) is 12.1 Å². The fourth-order valence-electron chi connectivity index (χ4n) is 5.70. The molecule has 2 aliphatic carbocycles. The van der Waals surface area contributed by atoms with Crippen LogP contribution in [0.4, 0.5) is 22.8 Å². The van der Waals surface area contributed by atoms with Gasteiger partial charge in [-0.1, -0.05) is 12.1 Å². The molecule has 196 valence electrons. The van der Waals surface area contributed by atoms with E-state index < -0.39 is 11.8 Å². The Bertz CT molecular complexity index is 1030. The van der Waals surface area contributed by atoms with E-state index in [0.29, 0.717) is 38.9 Å². The number of benzene rings is 1. The smallest absolute Gasteiger partial charge is 0.406 e. The molecule has 4 atom stereocenters. The topological polar surface area (TPSA) is 103 Å². The van der Waals surface area contributed by atoms with Gasteiger partial charge in [0.25, 0.3) is 0 Å². The third-order valence-corrected chi connectivity index (χ3v) is 7.53. The molecule has 1 aromatic carbocycles. The fourth-order valence-corrected chi connectivity index (χ4v) is 5.70. The number of urea groups is 2. The summed E-state index contributed by atoms with van der Waals surface area (Å²) in [6, 6.07) is 5.10. The fraction of sp³-hybridized carbons (Fsp3) is 0.625. The maximum absolute atomic E-state index is 13.3. The average molecular weight is 510 g/mol. The van der Waals surface area contributed by atoms with E-state index in [-0.39, 0.29) is 47.8 Å². The Morgan fingerprint density at radius 1 is 1.19 bits per heavy atom. The molecule has 1 spiro atoms. The Balaban J connectivity index is 1.24. The van der Waals surface area contributed by atoms with Crippen LogP contribution in [0.5, 0.6) is 5.75 Å². The lowest BCUT2D eigenvalue weighted by molar-refractivity contribution is -0.274. The molecule has 0 bridgehead atoms. The van der Waals surface area contributed by atoms with Crippen LogP contribution >= 0.6 is 0 Å². The third kappa shape index (κ3) is 5.31. The predicted molar refractivity (Wildman–Crippen MR) is 122 cm³/mol. The summed E-state index contributed by atoms with van der Waals surface area (Å²) in [6.07, 6.45) is -1.24. The Morgan fingerprint density at radius 2 is 1.92 bits per heavy atom. The third-order valence-electron chi connectivity index (χ3n) is 7.53. The van der Waals surface area contributed by atoms with Gasteiger partial charge in [-0.25, -0.2) is 9.59 Å². The molecule has 36 heavy (non-hydrogen) atoms. The first-order chi connectivity index (χ1) is 17.1. The van der Waals surface area contributed by atoms with E-state index in [9.17, 15) is 27.6 Å². The van der Waals surface area contributed by atoms with Gasteiger partial charge < -0.3 is 30.5 Å². The van der Waals surface area contributed by atoms with Crippen molar-refractivity contribution >= 4 is 18.0 Å². The molecule has 2 heterocycles. The molecular formula is C24H30F3N5O4. The number of carbonyl (C=O) groups is 3. The summed E-state index contributed by atoms with van der Waals surface area (Å²) in [7, 11) is 1.59. The second-order valence-electron chi connectivity index (χ2n) is 10.4. The van der Waals surface area contributed by atoms with E-state index in [2.05, 4.69) is 20.7 Å². The molecule has 5 amide bonds. The minimum Gasteiger partial charge on any atom is -0.406 e.